The first-order valence-electron chi connectivity index (χ1n) is 7.11. The van der Waals surface area contributed by atoms with E-state index in [-0.39, 0.29) is 0 Å². The molecule has 2 unspecified atom stereocenters. The van der Waals surface area contributed by atoms with Crippen LogP contribution >= 0.6 is 0 Å². The van der Waals surface area contributed by atoms with Gasteiger partial charge >= 0.3 is 0 Å². The van der Waals surface area contributed by atoms with E-state index in [1.807, 2.05) is 12.1 Å². The molecule has 0 bridgehead atoms. The van der Waals surface area contributed by atoms with Crippen molar-refractivity contribution in [2.45, 2.75) is 25.9 Å². The Balaban J connectivity index is 2.27. The third-order valence-corrected chi connectivity index (χ3v) is 3.87. The van der Waals surface area contributed by atoms with Gasteiger partial charge in [0.15, 0.2) is 0 Å². The molecule has 20 heavy (non-hydrogen) atoms. The maximum absolute atomic E-state index is 9.93. The number of nitrogens with zero attached hydrogens (tertiary/aromatic N) is 2. The summed E-state index contributed by atoms with van der Waals surface area (Å²) in [4.78, 5) is 2.27. The monoisotopic (exact) mass is 274 g/mol. The van der Waals surface area contributed by atoms with E-state index >= 15 is 0 Å². The number of rotatable bonds is 4. The number of aliphatic hydroxyl groups excluding tert-OH is 1. The number of anilines is 1. The third-order valence-electron chi connectivity index (χ3n) is 3.87. The Morgan fingerprint density at radius 2 is 2.35 bits per heavy atom. The van der Waals surface area contributed by atoms with Gasteiger partial charge < -0.3 is 14.7 Å². The van der Waals surface area contributed by atoms with E-state index in [0.29, 0.717) is 11.5 Å². The summed E-state index contributed by atoms with van der Waals surface area (Å²) in [6.45, 7) is 4.41. The summed E-state index contributed by atoms with van der Waals surface area (Å²) in [6.07, 6.45) is 1.76. The van der Waals surface area contributed by atoms with E-state index < -0.39 is 6.10 Å². The maximum atomic E-state index is 9.93. The van der Waals surface area contributed by atoms with Crippen molar-refractivity contribution in [3.8, 4) is 6.07 Å². The number of nitriles is 1. The average molecular weight is 274 g/mol. The second-order valence-electron chi connectivity index (χ2n) is 5.47. The van der Waals surface area contributed by atoms with Crippen LogP contribution in [0.15, 0.2) is 18.2 Å². The standard InChI is InChI=1S/C16H22N2O2/c1-12(19)15-6-5-13(9-17)8-16(15)18-7-3-4-14(10-18)11-20-2/h5-6,8,12,14,19H,3-4,7,10-11H2,1-2H3. The van der Waals surface area contributed by atoms with Crippen molar-refractivity contribution in [2.24, 2.45) is 5.92 Å². The predicted octanol–water partition coefficient (Wildman–Crippen LogP) is 2.47. The Morgan fingerprint density at radius 1 is 1.55 bits per heavy atom. The number of benzene rings is 1. The SMILES string of the molecule is COCC1CCCN(c2cc(C#N)ccc2C(C)O)C1. The molecule has 0 amide bonds. The van der Waals surface area contributed by atoms with Gasteiger partial charge in [0.05, 0.1) is 24.3 Å². The summed E-state index contributed by atoms with van der Waals surface area (Å²) in [5, 5.41) is 19.0. The van der Waals surface area contributed by atoms with E-state index in [9.17, 15) is 5.11 Å². The smallest absolute Gasteiger partial charge is 0.0992 e. The molecule has 2 rings (SSSR count). The normalized spacial score (nSPS) is 20.5. The molecule has 1 aromatic rings. The van der Waals surface area contributed by atoms with Gasteiger partial charge in [-0.3, -0.25) is 0 Å². The van der Waals surface area contributed by atoms with Crippen molar-refractivity contribution < 1.29 is 9.84 Å². The van der Waals surface area contributed by atoms with Crippen molar-refractivity contribution in [2.75, 3.05) is 31.7 Å². The zero-order valence-electron chi connectivity index (χ0n) is 12.2. The molecule has 4 heteroatoms. The highest BCUT2D eigenvalue weighted by Gasteiger charge is 2.23. The van der Waals surface area contributed by atoms with Gasteiger partial charge in [0.1, 0.15) is 0 Å². The molecule has 2 atom stereocenters. The molecule has 0 spiro atoms. The lowest BCUT2D eigenvalue weighted by Gasteiger charge is -2.35. The zero-order chi connectivity index (χ0) is 14.5. The Morgan fingerprint density at radius 3 is 3.00 bits per heavy atom. The fourth-order valence-electron chi connectivity index (χ4n) is 2.90. The molecule has 0 aromatic heterocycles. The summed E-state index contributed by atoms with van der Waals surface area (Å²) in [5.41, 5.74) is 2.51. The van der Waals surface area contributed by atoms with Crippen LogP contribution in [0.1, 0.15) is 37.0 Å². The van der Waals surface area contributed by atoms with E-state index in [2.05, 4.69) is 11.0 Å². The van der Waals surface area contributed by atoms with E-state index in [4.69, 9.17) is 10.00 Å². The van der Waals surface area contributed by atoms with Crippen molar-refractivity contribution in [1.82, 2.24) is 0 Å². The van der Waals surface area contributed by atoms with Gasteiger partial charge in [-0.15, -0.1) is 0 Å². The Bertz CT molecular complexity index is 492. The third kappa shape index (κ3) is 3.30. The fraction of sp³-hybridized carbons (Fsp3) is 0.562. The lowest BCUT2D eigenvalue weighted by atomic mass is 9.96. The first kappa shape index (κ1) is 14.8. The van der Waals surface area contributed by atoms with Crippen LogP contribution in [0.5, 0.6) is 0 Å². The second-order valence-corrected chi connectivity index (χ2v) is 5.47. The Kier molecular flexibility index (Phi) is 4.99. The number of hydrogen-bond acceptors (Lipinski definition) is 4. The molecule has 0 radical (unpaired) electrons. The molecule has 1 N–H and O–H groups in total. The van der Waals surface area contributed by atoms with Gasteiger partial charge in [-0.1, -0.05) is 6.07 Å². The van der Waals surface area contributed by atoms with Gasteiger partial charge in [0, 0.05) is 31.5 Å². The summed E-state index contributed by atoms with van der Waals surface area (Å²) < 4.78 is 5.26. The van der Waals surface area contributed by atoms with Crippen LogP contribution in [0, 0.1) is 17.2 Å². The summed E-state index contributed by atoms with van der Waals surface area (Å²) in [7, 11) is 1.73. The minimum absolute atomic E-state index is 0.515. The molecule has 108 valence electrons. The topological polar surface area (TPSA) is 56.5 Å². The van der Waals surface area contributed by atoms with Gasteiger partial charge in [-0.2, -0.15) is 5.26 Å². The average Bonchev–Trinajstić information content (AvgIpc) is 2.47. The highest BCUT2D eigenvalue weighted by molar-refractivity contribution is 5.58. The summed E-state index contributed by atoms with van der Waals surface area (Å²) in [6, 6.07) is 7.69. The van der Waals surface area contributed by atoms with Crippen LogP contribution in [-0.2, 0) is 4.74 Å². The van der Waals surface area contributed by atoms with Crippen LogP contribution in [0.4, 0.5) is 5.69 Å². The van der Waals surface area contributed by atoms with Crippen molar-refractivity contribution in [1.29, 1.82) is 5.26 Å². The number of aliphatic hydroxyl groups is 1. The quantitative estimate of drug-likeness (QED) is 0.916. The van der Waals surface area contributed by atoms with Crippen molar-refractivity contribution >= 4 is 5.69 Å². The molecule has 1 heterocycles. The zero-order valence-corrected chi connectivity index (χ0v) is 12.2. The highest BCUT2D eigenvalue weighted by Crippen LogP contribution is 2.31. The summed E-state index contributed by atoms with van der Waals surface area (Å²) >= 11 is 0. The van der Waals surface area contributed by atoms with Gasteiger partial charge in [0.2, 0.25) is 0 Å². The van der Waals surface area contributed by atoms with Gasteiger partial charge in [-0.25, -0.2) is 0 Å². The number of ether oxygens (including phenoxy) is 1. The second kappa shape index (κ2) is 6.74. The van der Waals surface area contributed by atoms with E-state index in [1.165, 1.54) is 6.42 Å². The van der Waals surface area contributed by atoms with E-state index in [0.717, 1.165) is 37.4 Å². The first-order chi connectivity index (χ1) is 9.65. The molecular formula is C16H22N2O2. The molecule has 0 saturated carbocycles. The van der Waals surface area contributed by atoms with Gasteiger partial charge in [0.25, 0.3) is 0 Å². The lowest BCUT2D eigenvalue weighted by Crippen LogP contribution is -2.37. The van der Waals surface area contributed by atoms with Crippen LogP contribution in [0.3, 0.4) is 0 Å². The van der Waals surface area contributed by atoms with Crippen LogP contribution in [-0.4, -0.2) is 31.9 Å². The molecule has 4 nitrogen and oxygen atoms in total. The van der Waals surface area contributed by atoms with Crippen LogP contribution in [0.2, 0.25) is 0 Å². The highest BCUT2D eigenvalue weighted by atomic mass is 16.5. The molecule has 1 aliphatic rings. The lowest BCUT2D eigenvalue weighted by molar-refractivity contribution is 0.143. The molecule has 1 aromatic carbocycles. The molecule has 0 aliphatic carbocycles. The van der Waals surface area contributed by atoms with Gasteiger partial charge in [-0.05, 0) is 37.8 Å². The van der Waals surface area contributed by atoms with Crippen molar-refractivity contribution in [3.63, 3.8) is 0 Å². The maximum Gasteiger partial charge on any atom is 0.0992 e. The van der Waals surface area contributed by atoms with Crippen LogP contribution in [0.25, 0.3) is 0 Å². The Labute approximate surface area is 120 Å². The minimum atomic E-state index is -0.527. The minimum Gasteiger partial charge on any atom is -0.389 e. The molecule has 1 fully saturated rings. The fourth-order valence-corrected chi connectivity index (χ4v) is 2.90. The Hall–Kier alpha value is -1.57. The van der Waals surface area contributed by atoms with Crippen LogP contribution < -0.4 is 4.90 Å². The summed E-state index contributed by atoms with van der Waals surface area (Å²) in [5.74, 6) is 0.515. The molecule has 1 saturated heterocycles. The largest absolute Gasteiger partial charge is 0.389 e. The number of hydrogen-bond donors (Lipinski definition) is 1. The van der Waals surface area contributed by atoms with Crippen molar-refractivity contribution in [3.05, 3.63) is 29.3 Å². The number of methoxy groups -OCH3 is 1. The molecular weight excluding hydrogens is 252 g/mol. The molecule has 1 aliphatic heterocycles. The first-order valence-corrected chi connectivity index (χ1v) is 7.11. The number of piperidine rings is 1. The van der Waals surface area contributed by atoms with E-state index in [1.54, 1.807) is 20.1 Å². The predicted molar refractivity (Wildman–Crippen MR) is 78.6 cm³/mol.